The first-order valence-electron chi connectivity index (χ1n) is 17.4. The fourth-order valence-corrected chi connectivity index (χ4v) is 9.17. The number of benzene rings is 9. The van der Waals surface area contributed by atoms with Gasteiger partial charge >= 0.3 is 0 Å². The highest BCUT2D eigenvalue weighted by Crippen LogP contribution is 2.50. The third-order valence-electron chi connectivity index (χ3n) is 11.2. The van der Waals surface area contributed by atoms with Gasteiger partial charge in [0.2, 0.25) is 0 Å². The molecule has 0 amide bonds. The van der Waals surface area contributed by atoms with Gasteiger partial charge in [-0.05, 0) is 85.6 Å². The summed E-state index contributed by atoms with van der Waals surface area (Å²) in [6.45, 7) is 0. The first kappa shape index (κ1) is 26.3. The number of para-hydroxylation sites is 2. The molecule has 50 heavy (non-hydrogen) atoms. The molecule has 0 fully saturated rings. The first-order valence-corrected chi connectivity index (χ1v) is 17.4. The van der Waals surface area contributed by atoms with Gasteiger partial charge in [0.1, 0.15) is 0 Å². The second kappa shape index (κ2) is 9.49. The van der Waals surface area contributed by atoms with E-state index < -0.39 is 0 Å². The highest BCUT2D eigenvalue weighted by Gasteiger charge is 2.26. The lowest BCUT2D eigenvalue weighted by Gasteiger charge is -2.15. The van der Waals surface area contributed by atoms with Gasteiger partial charge in [-0.3, -0.25) is 0 Å². The molecule has 12 rings (SSSR count). The minimum Gasteiger partial charge on any atom is -0.308 e. The summed E-state index contributed by atoms with van der Waals surface area (Å²) in [4.78, 5) is 0. The third kappa shape index (κ3) is 3.28. The van der Waals surface area contributed by atoms with Crippen LogP contribution in [0.1, 0.15) is 0 Å². The number of fused-ring (bicyclic) bond motifs is 14. The van der Waals surface area contributed by atoms with Crippen LogP contribution in [0.15, 0.2) is 170 Å². The molecular formula is C48H28N2. The minimum absolute atomic E-state index is 1.17. The molecular weight excluding hydrogens is 605 g/mol. The summed E-state index contributed by atoms with van der Waals surface area (Å²) in [6, 6.07) is 63.0. The van der Waals surface area contributed by atoms with E-state index in [1.807, 2.05) is 0 Å². The second-order valence-electron chi connectivity index (χ2n) is 13.7. The summed E-state index contributed by atoms with van der Waals surface area (Å²) >= 11 is 0. The molecule has 0 saturated heterocycles. The Labute approximate surface area is 287 Å². The Bertz CT molecular complexity index is 3260. The summed E-state index contributed by atoms with van der Waals surface area (Å²) in [7, 11) is 0. The van der Waals surface area contributed by atoms with Gasteiger partial charge in [-0.25, -0.2) is 0 Å². The Morgan fingerprint density at radius 2 is 0.840 bits per heavy atom. The predicted molar refractivity (Wildman–Crippen MR) is 212 cm³/mol. The molecule has 0 radical (unpaired) electrons. The van der Waals surface area contributed by atoms with E-state index in [-0.39, 0.29) is 0 Å². The van der Waals surface area contributed by atoms with Crippen LogP contribution in [0.2, 0.25) is 0 Å². The van der Waals surface area contributed by atoms with E-state index in [4.69, 9.17) is 0 Å². The summed E-state index contributed by atoms with van der Waals surface area (Å²) in [5.41, 5.74) is 12.6. The van der Waals surface area contributed by atoms with E-state index in [9.17, 15) is 0 Å². The highest BCUT2D eigenvalue weighted by atomic mass is 15.0. The summed E-state index contributed by atoms with van der Waals surface area (Å²) < 4.78 is 5.06. The van der Waals surface area contributed by atoms with Crippen LogP contribution in [-0.2, 0) is 0 Å². The maximum Gasteiger partial charge on any atom is 0.0647 e. The molecule has 0 aliphatic heterocycles. The highest BCUT2D eigenvalue weighted by molar-refractivity contribution is 6.37. The lowest BCUT2D eigenvalue weighted by molar-refractivity contribution is 1.18. The van der Waals surface area contributed by atoms with Crippen LogP contribution in [0.25, 0.3) is 110 Å². The van der Waals surface area contributed by atoms with Crippen LogP contribution in [-0.4, -0.2) is 9.13 Å². The number of nitrogens with zero attached hydrogens (tertiary/aromatic N) is 2. The van der Waals surface area contributed by atoms with Crippen molar-refractivity contribution in [2.24, 2.45) is 0 Å². The number of aromatic nitrogens is 2. The molecule has 11 aromatic rings. The topological polar surface area (TPSA) is 9.86 Å². The maximum atomic E-state index is 2.54. The van der Waals surface area contributed by atoms with Gasteiger partial charge in [0, 0.05) is 38.3 Å². The second-order valence-corrected chi connectivity index (χ2v) is 13.7. The van der Waals surface area contributed by atoms with Crippen LogP contribution in [0.5, 0.6) is 0 Å². The normalized spacial score (nSPS) is 12.4. The van der Waals surface area contributed by atoms with E-state index in [1.54, 1.807) is 0 Å². The molecule has 0 N–H and O–H groups in total. The van der Waals surface area contributed by atoms with Crippen LogP contribution in [0.3, 0.4) is 0 Å². The van der Waals surface area contributed by atoms with Crippen molar-refractivity contribution in [3.63, 3.8) is 0 Å². The zero-order valence-electron chi connectivity index (χ0n) is 27.1. The van der Waals surface area contributed by atoms with Crippen molar-refractivity contribution >= 4 is 75.9 Å². The van der Waals surface area contributed by atoms with Crippen LogP contribution < -0.4 is 0 Å². The van der Waals surface area contributed by atoms with Gasteiger partial charge in [-0.2, -0.15) is 0 Å². The Morgan fingerprint density at radius 1 is 0.280 bits per heavy atom. The van der Waals surface area contributed by atoms with Crippen LogP contribution >= 0.6 is 0 Å². The van der Waals surface area contributed by atoms with Crippen LogP contribution in [0, 0.1) is 0 Å². The molecule has 230 valence electrons. The van der Waals surface area contributed by atoms with E-state index in [2.05, 4.69) is 179 Å². The van der Waals surface area contributed by atoms with Crippen molar-refractivity contribution in [2.45, 2.75) is 0 Å². The SMILES string of the molecule is c1ccc2c(c1)-c1cccc3cc(-n4c5ccccc5c5c4c4ccccc4c4c6ccccc6n(-c6ccc7ccccc7c6)c45)cc-2c13. The molecule has 0 atom stereocenters. The minimum atomic E-state index is 1.17. The zero-order chi connectivity index (χ0) is 32.5. The molecule has 1 aliphatic rings. The molecule has 9 aromatic carbocycles. The largest absolute Gasteiger partial charge is 0.308 e. The van der Waals surface area contributed by atoms with E-state index in [1.165, 1.54) is 110 Å². The van der Waals surface area contributed by atoms with E-state index >= 15 is 0 Å². The van der Waals surface area contributed by atoms with Gasteiger partial charge in [-0.15, -0.1) is 0 Å². The van der Waals surface area contributed by atoms with Gasteiger partial charge in [0.15, 0.2) is 0 Å². The molecule has 0 unspecified atom stereocenters. The van der Waals surface area contributed by atoms with E-state index in [0.29, 0.717) is 0 Å². The smallest absolute Gasteiger partial charge is 0.0647 e. The van der Waals surface area contributed by atoms with E-state index in [0.717, 1.165) is 0 Å². The van der Waals surface area contributed by atoms with Crippen molar-refractivity contribution in [1.82, 2.24) is 9.13 Å². The molecule has 2 heteroatoms. The Hall–Kier alpha value is -6.64. The molecule has 0 spiro atoms. The summed E-state index contributed by atoms with van der Waals surface area (Å²) in [5, 5.41) is 12.8. The average molecular weight is 633 g/mol. The summed E-state index contributed by atoms with van der Waals surface area (Å²) in [6.07, 6.45) is 0. The van der Waals surface area contributed by atoms with Crippen molar-refractivity contribution in [1.29, 1.82) is 0 Å². The Kier molecular flexibility index (Phi) is 5.00. The zero-order valence-corrected chi connectivity index (χ0v) is 27.1. The fraction of sp³-hybridized carbons (Fsp3) is 0. The van der Waals surface area contributed by atoms with Gasteiger partial charge < -0.3 is 9.13 Å². The average Bonchev–Trinajstić information content (AvgIpc) is 3.82. The number of hydrogen-bond acceptors (Lipinski definition) is 0. The van der Waals surface area contributed by atoms with Gasteiger partial charge in [0.25, 0.3) is 0 Å². The Morgan fingerprint density at radius 3 is 1.64 bits per heavy atom. The lowest BCUT2D eigenvalue weighted by Crippen LogP contribution is -1.97. The summed E-state index contributed by atoms with van der Waals surface area (Å²) in [5.74, 6) is 0. The van der Waals surface area contributed by atoms with Crippen molar-refractivity contribution in [2.75, 3.05) is 0 Å². The van der Waals surface area contributed by atoms with Crippen LogP contribution in [0.4, 0.5) is 0 Å². The lowest BCUT2D eigenvalue weighted by atomic mass is 9.99. The first-order chi connectivity index (χ1) is 24.8. The molecule has 2 heterocycles. The van der Waals surface area contributed by atoms with Crippen molar-refractivity contribution < 1.29 is 0 Å². The number of hydrogen-bond donors (Lipinski definition) is 0. The van der Waals surface area contributed by atoms with Crippen molar-refractivity contribution in [3.8, 4) is 33.6 Å². The monoisotopic (exact) mass is 632 g/mol. The van der Waals surface area contributed by atoms with Gasteiger partial charge in [0.05, 0.1) is 22.1 Å². The predicted octanol–water partition coefficient (Wildman–Crippen LogP) is 13.0. The molecule has 2 aromatic heterocycles. The molecule has 1 aliphatic carbocycles. The quantitative estimate of drug-likeness (QED) is 0.179. The molecule has 2 nitrogen and oxygen atoms in total. The maximum absolute atomic E-state index is 2.54. The number of rotatable bonds is 2. The van der Waals surface area contributed by atoms with Crippen molar-refractivity contribution in [3.05, 3.63) is 170 Å². The fourth-order valence-electron chi connectivity index (χ4n) is 9.17. The molecule has 0 saturated carbocycles. The third-order valence-corrected chi connectivity index (χ3v) is 11.2. The molecule has 0 bridgehead atoms. The van der Waals surface area contributed by atoms with Gasteiger partial charge in [-0.1, -0.05) is 133 Å². The standard InChI is InChI=1S/C48H28N2/c1-2-13-30-26-32(25-24-29(30)12-1)49-42-22-9-7-19-39(42)45-37-17-5-6-18-38(37)47-46(48(45)49)40-20-8-10-23-43(40)50(47)33-27-31-14-11-21-36-34-15-3-4-16-35(34)41(28-33)44(31)36/h1-28H. The Balaban J connectivity index is 1.31.